The lowest BCUT2D eigenvalue weighted by molar-refractivity contribution is -0.692. The maximum Gasteiger partial charge on any atom is 0.407 e. The Morgan fingerprint density at radius 2 is 1.30 bits per heavy atom. The Kier molecular flexibility index (Phi) is 29.5. The molecule has 0 atom stereocenters. The lowest BCUT2D eigenvalue weighted by Gasteiger charge is -2.09. The largest absolute Gasteiger partial charge is 0.748 e. The molecule has 0 saturated carbocycles. The van der Waals surface area contributed by atoms with Crippen molar-refractivity contribution in [2.45, 2.75) is 142 Å². The highest BCUT2D eigenvalue weighted by molar-refractivity contribution is 7.84. The number of rotatable bonds is 28. The van der Waals surface area contributed by atoms with Crippen molar-refractivity contribution in [3.8, 4) is 0 Å². The van der Waals surface area contributed by atoms with Gasteiger partial charge in [0.2, 0.25) is 5.51 Å². The highest BCUT2D eigenvalue weighted by Crippen LogP contribution is 2.13. The minimum atomic E-state index is -3.92. The van der Waals surface area contributed by atoms with Crippen LogP contribution < -0.4 is 9.88 Å². The first-order chi connectivity index (χ1) is 20.7. The summed E-state index contributed by atoms with van der Waals surface area (Å²) in [7, 11) is -3.92. The van der Waals surface area contributed by atoms with Crippen molar-refractivity contribution in [3.63, 3.8) is 0 Å². The Morgan fingerprint density at radius 1 is 0.814 bits per heavy atom. The maximum atomic E-state index is 11.9. The van der Waals surface area contributed by atoms with E-state index in [1.165, 1.54) is 116 Å². The standard InChI is InChI=1S/C32H58N2O3S.CH4O3S/c1-3-4-5-6-7-8-9-10-11-12-13-14-15-16-17-20-23-33-32(35)37-29-31(2)28-36-26-22-19-18-21-24-34-25-27-38-30-34;1-5(2,3)4/h25,27,30H,2-24,26,28-29H2,1H3;1H3,(H,2,3,4). The molecule has 0 aliphatic rings. The molecule has 0 unspecified atom stereocenters. The van der Waals surface area contributed by atoms with Crippen LogP contribution in [0.2, 0.25) is 0 Å². The summed E-state index contributed by atoms with van der Waals surface area (Å²) in [5.74, 6) is 0. The van der Waals surface area contributed by atoms with Crippen molar-refractivity contribution < 1.29 is 31.8 Å². The summed E-state index contributed by atoms with van der Waals surface area (Å²) in [5.41, 5.74) is 2.95. The number of aromatic nitrogens is 1. The molecule has 0 bridgehead atoms. The van der Waals surface area contributed by atoms with Gasteiger partial charge in [-0.1, -0.05) is 128 Å². The van der Waals surface area contributed by atoms with Gasteiger partial charge in [-0.15, -0.1) is 0 Å². The fraction of sp³-hybridized carbons (Fsp3) is 0.818. The van der Waals surface area contributed by atoms with E-state index in [1.54, 1.807) is 11.3 Å². The van der Waals surface area contributed by atoms with Gasteiger partial charge in [-0.2, -0.15) is 4.57 Å². The predicted octanol–water partition coefficient (Wildman–Crippen LogP) is 8.32. The number of carbonyl (C=O) groups excluding carboxylic acids is 1. The number of aryl methyl sites for hydroxylation is 1. The number of amides is 1. The number of ether oxygens (including phenoxy) is 2. The van der Waals surface area contributed by atoms with Crippen LogP contribution in [-0.4, -0.2) is 51.7 Å². The van der Waals surface area contributed by atoms with Crippen LogP contribution in [0.25, 0.3) is 0 Å². The van der Waals surface area contributed by atoms with E-state index in [4.69, 9.17) is 22.4 Å². The molecule has 1 amide bonds. The third kappa shape index (κ3) is 36.6. The molecule has 0 radical (unpaired) electrons. The van der Waals surface area contributed by atoms with Gasteiger partial charge in [0.1, 0.15) is 13.2 Å². The Hall–Kier alpha value is -1.49. The quantitative estimate of drug-likeness (QED) is 0.0424. The molecule has 1 N–H and O–H groups in total. The summed E-state index contributed by atoms with van der Waals surface area (Å²) in [4.78, 5) is 11.9. The summed E-state index contributed by atoms with van der Waals surface area (Å²) in [6.45, 7) is 9.43. The first kappa shape index (κ1) is 41.5. The van der Waals surface area contributed by atoms with Crippen LogP contribution in [0, 0.1) is 0 Å². The molecular weight excluding hydrogens is 585 g/mol. The second kappa shape index (κ2) is 30.5. The molecule has 0 aliphatic heterocycles. The maximum absolute atomic E-state index is 11.9. The van der Waals surface area contributed by atoms with Gasteiger partial charge in [-0.25, -0.2) is 13.2 Å². The molecule has 1 rings (SSSR count). The molecule has 252 valence electrons. The van der Waals surface area contributed by atoms with Crippen molar-refractivity contribution in [2.75, 3.05) is 32.6 Å². The molecule has 8 nitrogen and oxygen atoms in total. The summed E-state index contributed by atoms with van der Waals surface area (Å²) >= 11 is 1.73. The minimum absolute atomic E-state index is 0.225. The number of nitrogens with one attached hydrogen (secondary N) is 1. The van der Waals surface area contributed by atoms with Crippen molar-refractivity contribution >= 4 is 27.5 Å². The zero-order valence-electron chi connectivity index (χ0n) is 27.3. The average molecular weight is 647 g/mol. The monoisotopic (exact) mass is 646 g/mol. The van der Waals surface area contributed by atoms with Crippen LogP contribution in [-0.2, 0) is 26.1 Å². The van der Waals surface area contributed by atoms with E-state index in [1.807, 2.05) is 0 Å². The van der Waals surface area contributed by atoms with Crippen LogP contribution in [0.1, 0.15) is 135 Å². The number of thiazole rings is 1. The number of alkyl carbamates (subject to hydrolysis) is 1. The van der Waals surface area contributed by atoms with Crippen LogP contribution in [0.5, 0.6) is 0 Å². The fourth-order valence-electron chi connectivity index (χ4n) is 4.58. The van der Waals surface area contributed by atoms with Crippen molar-refractivity contribution in [2.24, 2.45) is 0 Å². The lowest BCUT2D eigenvalue weighted by Crippen LogP contribution is -2.29. The zero-order chi connectivity index (χ0) is 31.9. The highest BCUT2D eigenvalue weighted by atomic mass is 32.2. The second-order valence-electron chi connectivity index (χ2n) is 11.5. The van der Waals surface area contributed by atoms with E-state index >= 15 is 0 Å². The number of unbranched alkanes of at least 4 members (excludes halogenated alkanes) is 18. The Morgan fingerprint density at radius 3 is 1.81 bits per heavy atom. The van der Waals surface area contributed by atoms with Crippen molar-refractivity contribution in [3.05, 3.63) is 29.2 Å². The van der Waals surface area contributed by atoms with Gasteiger partial charge in [-0.05, 0) is 24.8 Å². The van der Waals surface area contributed by atoms with Crippen molar-refractivity contribution in [1.82, 2.24) is 5.32 Å². The van der Waals surface area contributed by atoms with E-state index in [-0.39, 0.29) is 12.7 Å². The van der Waals surface area contributed by atoms with Gasteiger partial charge in [0, 0.05) is 25.8 Å². The molecular formula is C33H62N2O6S2. The summed E-state index contributed by atoms with van der Waals surface area (Å²) < 4.78 is 40.4. The van der Waals surface area contributed by atoms with E-state index in [2.05, 4.69) is 40.5 Å². The molecule has 0 aliphatic carbocycles. The molecule has 43 heavy (non-hydrogen) atoms. The second-order valence-corrected chi connectivity index (χ2v) is 13.7. The van der Waals surface area contributed by atoms with Gasteiger partial charge in [0.15, 0.2) is 6.20 Å². The molecule has 1 heterocycles. The molecule has 0 fully saturated rings. The number of nitrogens with zero attached hydrogens (tertiary/aromatic N) is 1. The molecule has 1 aromatic rings. The average Bonchev–Trinajstić information content (AvgIpc) is 3.48. The van der Waals surface area contributed by atoms with Gasteiger partial charge < -0.3 is 19.3 Å². The lowest BCUT2D eigenvalue weighted by atomic mass is 10.0. The smallest absolute Gasteiger partial charge is 0.407 e. The Bertz CT molecular complexity index is 855. The van der Waals surface area contributed by atoms with Gasteiger partial charge in [-0.3, -0.25) is 0 Å². The van der Waals surface area contributed by atoms with Gasteiger partial charge in [0.05, 0.1) is 22.1 Å². The number of hydrogen-bond acceptors (Lipinski definition) is 7. The summed E-state index contributed by atoms with van der Waals surface area (Å²) in [5, 5.41) is 4.96. The third-order valence-corrected chi connectivity index (χ3v) is 7.67. The van der Waals surface area contributed by atoms with Crippen molar-refractivity contribution in [1.29, 1.82) is 0 Å². The molecule has 0 aromatic carbocycles. The third-order valence-electron chi connectivity index (χ3n) is 7.00. The molecule has 1 aromatic heterocycles. The topological polar surface area (TPSA) is 109 Å². The van der Waals surface area contributed by atoms with Crippen LogP contribution in [0.4, 0.5) is 4.79 Å². The summed E-state index contributed by atoms with van der Waals surface area (Å²) in [6, 6.07) is 0. The Labute approximate surface area is 267 Å². The molecule has 10 heteroatoms. The van der Waals surface area contributed by atoms with E-state index in [0.717, 1.165) is 31.6 Å². The normalized spacial score (nSPS) is 11.1. The molecule has 0 saturated heterocycles. The predicted molar refractivity (Wildman–Crippen MR) is 177 cm³/mol. The minimum Gasteiger partial charge on any atom is -0.748 e. The van der Waals surface area contributed by atoms with Crippen LogP contribution in [0.15, 0.2) is 29.2 Å². The summed E-state index contributed by atoms with van der Waals surface area (Å²) in [6.07, 6.45) is 28.7. The SMILES string of the molecule is C=C(COCCCCCC[n+]1ccsc1)COC(=O)NCCCCCCCCCCCCCCCCCC.CS(=O)(=O)[O-]. The van der Waals surface area contributed by atoms with E-state index in [9.17, 15) is 4.79 Å². The van der Waals surface area contributed by atoms with Crippen LogP contribution in [0.3, 0.4) is 0 Å². The zero-order valence-corrected chi connectivity index (χ0v) is 29.0. The fourth-order valence-corrected chi connectivity index (χ4v) is 5.21. The first-order valence-electron chi connectivity index (χ1n) is 16.7. The van der Waals surface area contributed by atoms with E-state index < -0.39 is 10.1 Å². The van der Waals surface area contributed by atoms with Gasteiger partial charge >= 0.3 is 6.09 Å². The number of hydrogen-bond donors (Lipinski definition) is 1. The number of carbonyl (C=O) groups is 1. The van der Waals surface area contributed by atoms with E-state index in [0.29, 0.717) is 19.4 Å². The van der Waals surface area contributed by atoms with Gasteiger partial charge in [0.25, 0.3) is 0 Å². The highest BCUT2D eigenvalue weighted by Gasteiger charge is 2.04. The first-order valence-corrected chi connectivity index (χ1v) is 19.5. The molecule has 0 spiro atoms. The Balaban J connectivity index is 0.00000324. The van der Waals surface area contributed by atoms with Crippen LogP contribution >= 0.6 is 11.3 Å².